The predicted molar refractivity (Wildman–Crippen MR) is 76.4 cm³/mol. The number of fused-ring (bicyclic) bond motifs is 1. The SMILES string of the molecule is S=C(NC1CCCC1)N1CCc2sccc2C1. The molecule has 17 heavy (non-hydrogen) atoms. The minimum Gasteiger partial charge on any atom is -0.360 e. The van der Waals surface area contributed by atoms with Crippen LogP contribution >= 0.6 is 23.6 Å². The van der Waals surface area contributed by atoms with Crippen molar-refractivity contribution in [2.45, 2.75) is 44.7 Å². The molecule has 1 aromatic rings. The Kier molecular flexibility index (Phi) is 3.34. The Morgan fingerprint density at radius 3 is 3.06 bits per heavy atom. The molecule has 0 amide bonds. The fourth-order valence-electron chi connectivity index (χ4n) is 2.76. The highest BCUT2D eigenvalue weighted by Gasteiger charge is 2.22. The Morgan fingerprint density at radius 1 is 1.41 bits per heavy atom. The van der Waals surface area contributed by atoms with Crippen LogP contribution in [0.5, 0.6) is 0 Å². The average molecular weight is 266 g/mol. The average Bonchev–Trinajstić information content (AvgIpc) is 2.97. The minimum absolute atomic E-state index is 0.631. The summed E-state index contributed by atoms with van der Waals surface area (Å²) in [6, 6.07) is 2.87. The smallest absolute Gasteiger partial charge is 0.169 e. The molecule has 92 valence electrons. The lowest BCUT2D eigenvalue weighted by Crippen LogP contribution is -2.45. The molecule has 0 atom stereocenters. The van der Waals surface area contributed by atoms with Gasteiger partial charge in [0.25, 0.3) is 0 Å². The summed E-state index contributed by atoms with van der Waals surface area (Å²) in [5, 5.41) is 6.69. The Balaban J connectivity index is 1.60. The molecule has 2 nitrogen and oxygen atoms in total. The van der Waals surface area contributed by atoms with E-state index in [4.69, 9.17) is 12.2 Å². The van der Waals surface area contributed by atoms with Gasteiger partial charge in [0, 0.05) is 24.0 Å². The number of hydrogen-bond acceptors (Lipinski definition) is 2. The van der Waals surface area contributed by atoms with Crippen LogP contribution in [-0.2, 0) is 13.0 Å². The van der Waals surface area contributed by atoms with Gasteiger partial charge in [0.1, 0.15) is 0 Å². The van der Waals surface area contributed by atoms with Gasteiger partial charge in [-0.15, -0.1) is 11.3 Å². The molecule has 1 aromatic heterocycles. The molecule has 3 rings (SSSR count). The fourth-order valence-corrected chi connectivity index (χ4v) is 3.97. The molecule has 1 N–H and O–H groups in total. The van der Waals surface area contributed by atoms with Gasteiger partial charge in [0.15, 0.2) is 5.11 Å². The van der Waals surface area contributed by atoms with Crippen LogP contribution in [-0.4, -0.2) is 22.6 Å². The number of thiophene rings is 1. The molecular formula is C13H18N2S2. The van der Waals surface area contributed by atoms with Crippen LogP contribution in [0.4, 0.5) is 0 Å². The van der Waals surface area contributed by atoms with Crippen LogP contribution < -0.4 is 5.32 Å². The second kappa shape index (κ2) is 4.94. The molecule has 0 saturated heterocycles. The van der Waals surface area contributed by atoms with Gasteiger partial charge in [-0.3, -0.25) is 0 Å². The lowest BCUT2D eigenvalue weighted by molar-refractivity contribution is 0.383. The lowest BCUT2D eigenvalue weighted by Gasteiger charge is -2.31. The van der Waals surface area contributed by atoms with Gasteiger partial charge in [0.2, 0.25) is 0 Å². The highest BCUT2D eigenvalue weighted by molar-refractivity contribution is 7.80. The van der Waals surface area contributed by atoms with Gasteiger partial charge in [-0.25, -0.2) is 0 Å². The van der Waals surface area contributed by atoms with Gasteiger partial charge < -0.3 is 10.2 Å². The van der Waals surface area contributed by atoms with E-state index in [-0.39, 0.29) is 0 Å². The topological polar surface area (TPSA) is 15.3 Å². The first-order chi connectivity index (χ1) is 8.33. The summed E-state index contributed by atoms with van der Waals surface area (Å²) in [6.07, 6.45) is 6.44. The minimum atomic E-state index is 0.631. The summed E-state index contributed by atoms with van der Waals surface area (Å²) >= 11 is 7.41. The summed E-state index contributed by atoms with van der Waals surface area (Å²) in [4.78, 5) is 3.87. The number of nitrogens with zero attached hydrogens (tertiary/aromatic N) is 1. The third kappa shape index (κ3) is 2.47. The molecule has 2 heterocycles. The molecule has 1 aliphatic heterocycles. The predicted octanol–water partition coefficient (Wildman–Crippen LogP) is 2.92. The van der Waals surface area contributed by atoms with E-state index in [1.165, 1.54) is 31.2 Å². The van der Waals surface area contributed by atoms with Crippen molar-refractivity contribution in [3.8, 4) is 0 Å². The highest BCUT2D eigenvalue weighted by Crippen LogP contribution is 2.24. The van der Waals surface area contributed by atoms with E-state index in [0.717, 1.165) is 24.6 Å². The Bertz CT molecular complexity index is 407. The monoisotopic (exact) mass is 266 g/mol. The first-order valence-corrected chi connectivity index (χ1v) is 7.72. The van der Waals surface area contributed by atoms with Crippen molar-refractivity contribution < 1.29 is 0 Å². The van der Waals surface area contributed by atoms with Crippen LogP contribution in [0.15, 0.2) is 11.4 Å². The van der Waals surface area contributed by atoms with Crippen molar-refractivity contribution in [2.24, 2.45) is 0 Å². The first kappa shape index (κ1) is 11.5. The summed E-state index contributed by atoms with van der Waals surface area (Å²) in [5.74, 6) is 0. The van der Waals surface area contributed by atoms with Crippen LogP contribution in [0.25, 0.3) is 0 Å². The first-order valence-electron chi connectivity index (χ1n) is 6.43. The third-order valence-electron chi connectivity index (χ3n) is 3.78. The zero-order valence-electron chi connectivity index (χ0n) is 9.95. The maximum atomic E-state index is 5.53. The fraction of sp³-hybridized carbons (Fsp3) is 0.615. The standard InChI is InChI=1S/C13H18N2S2/c16-13(14-11-3-1-2-4-11)15-7-5-12-10(9-15)6-8-17-12/h6,8,11H,1-5,7,9H2,(H,14,16). The van der Waals surface area contributed by atoms with Gasteiger partial charge in [-0.05, 0) is 48.5 Å². The molecule has 1 fully saturated rings. The van der Waals surface area contributed by atoms with Crippen LogP contribution in [0, 0.1) is 0 Å². The van der Waals surface area contributed by atoms with Gasteiger partial charge in [-0.1, -0.05) is 12.8 Å². The van der Waals surface area contributed by atoms with Crippen molar-refractivity contribution in [3.05, 3.63) is 21.9 Å². The van der Waals surface area contributed by atoms with E-state index in [1.54, 1.807) is 4.88 Å². The van der Waals surface area contributed by atoms with Crippen LogP contribution in [0.1, 0.15) is 36.1 Å². The van der Waals surface area contributed by atoms with Crippen molar-refractivity contribution in [2.75, 3.05) is 6.54 Å². The number of nitrogens with one attached hydrogen (secondary N) is 1. The van der Waals surface area contributed by atoms with Crippen molar-refractivity contribution in [1.29, 1.82) is 0 Å². The molecule has 0 radical (unpaired) electrons. The van der Waals surface area contributed by atoms with E-state index >= 15 is 0 Å². The normalized spacial score (nSPS) is 20.4. The van der Waals surface area contributed by atoms with Gasteiger partial charge in [0.05, 0.1) is 0 Å². The number of hydrogen-bond donors (Lipinski definition) is 1. The van der Waals surface area contributed by atoms with E-state index in [0.29, 0.717) is 6.04 Å². The van der Waals surface area contributed by atoms with Gasteiger partial charge >= 0.3 is 0 Å². The Hall–Kier alpha value is -0.610. The van der Waals surface area contributed by atoms with E-state index < -0.39 is 0 Å². The summed E-state index contributed by atoms with van der Waals surface area (Å²) in [5.41, 5.74) is 1.47. The van der Waals surface area contributed by atoms with Crippen LogP contribution in [0.3, 0.4) is 0 Å². The van der Waals surface area contributed by atoms with Gasteiger partial charge in [-0.2, -0.15) is 0 Å². The lowest BCUT2D eigenvalue weighted by atomic mass is 10.1. The Morgan fingerprint density at radius 2 is 2.24 bits per heavy atom. The molecular weight excluding hydrogens is 248 g/mol. The zero-order valence-corrected chi connectivity index (χ0v) is 11.6. The number of rotatable bonds is 1. The molecule has 1 aliphatic carbocycles. The molecule has 0 bridgehead atoms. The van der Waals surface area contributed by atoms with E-state index in [9.17, 15) is 0 Å². The third-order valence-corrected chi connectivity index (χ3v) is 5.18. The summed E-state index contributed by atoms with van der Waals surface area (Å²) in [6.45, 7) is 2.07. The second-order valence-electron chi connectivity index (χ2n) is 4.97. The van der Waals surface area contributed by atoms with Crippen molar-refractivity contribution in [1.82, 2.24) is 10.2 Å². The van der Waals surface area contributed by atoms with E-state index in [1.807, 2.05) is 11.3 Å². The molecule has 0 spiro atoms. The van der Waals surface area contributed by atoms with Crippen LogP contribution in [0.2, 0.25) is 0 Å². The number of thiocarbonyl (C=S) groups is 1. The van der Waals surface area contributed by atoms with E-state index in [2.05, 4.69) is 21.7 Å². The Labute approximate surface area is 112 Å². The second-order valence-corrected chi connectivity index (χ2v) is 6.36. The largest absolute Gasteiger partial charge is 0.360 e. The summed E-state index contributed by atoms with van der Waals surface area (Å²) in [7, 11) is 0. The summed E-state index contributed by atoms with van der Waals surface area (Å²) < 4.78 is 0. The molecule has 2 aliphatic rings. The maximum Gasteiger partial charge on any atom is 0.169 e. The molecule has 1 saturated carbocycles. The molecule has 0 unspecified atom stereocenters. The molecule has 0 aromatic carbocycles. The quantitative estimate of drug-likeness (QED) is 0.787. The van der Waals surface area contributed by atoms with Crippen molar-refractivity contribution in [3.63, 3.8) is 0 Å². The maximum absolute atomic E-state index is 5.53. The zero-order chi connectivity index (χ0) is 11.7. The highest BCUT2D eigenvalue weighted by atomic mass is 32.1. The molecule has 4 heteroatoms. The van der Waals surface area contributed by atoms with Crippen molar-refractivity contribution >= 4 is 28.7 Å².